The maximum atomic E-state index is 11.8. The van der Waals surface area contributed by atoms with Crippen LogP contribution >= 0.6 is 27.3 Å². The first-order valence-corrected chi connectivity index (χ1v) is 7.50. The van der Waals surface area contributed by atoms with Gasteiger partial charge >= 0.3 is 0 Å². The Bertz CT molecular complexity index is 384. The Morgan fingerprint density at radius 2 is 2.31 bits per heavy atom. The highest BCUT2D eigenvalue weighted by Gasteiger charge is 2.41. The van der Waals surface area contributed by atoms with E-state index >= 15 is 0 Å². The topological polar surface area (TPSA) is 29.1 Å². The standard InChI is InChI=1S/C12H16BrNOS/c1-9-2-3-10(16-9)11(15)14-8-12(4-5-12)6-7-13/h2-3H,4-8H2,1H3,(H,14,15). The third-order valence-corrected chi connectivity index (χ3v) is 4.57. The number of carbonyl (C=O) groups is 1. The quantitative estimate of drug-likeness (QED) is 0.830. The summed E-state index contributed by atoms with van der Waals surface area (Å²) in [6, 6.07) is 3.89. The predicted molar refractivity (Wildman–Crippen MR) is 71.5 cm³/mol. The van der Waals surface area contributed by atoms with Gasteiger partial charge in [0.1, 0.15) is 0 Å². The van der Waals surface area contributed by atoms with Crippen LogP contribution in [0, 0.1) is 12.3 Å². The highest BCUT2D eigenvalue weighted by atomic mass is 79.9. The van der Waals surface area contributed by atoms with Gasteiger partial charge in [-0.15, -0.1) is 11.3 Å². The number of amides is 1. The molecule has 0 unspecified atom stereocenters. The van der Waals surface area contributed by atoms with E-state index in [9.17, 15) is 4.79 Å². The third-order valence-electron chi connectivity index (χ3n) is 3.17. The molecule has 0 radical (unpaired) electrons. The van der Waals surface area contributed by atoms with Crippen molar-refractivity contribution >= 4 is 33.2 Å². The summed E-state index contributed by atoms with van der Waals surface area (Å²) in [4.78, 5) is 13.8. The lowest BCUT2D eigenvalue weighted by Crippen LogP contribution is -2.29. The van der Waals surface area contributed by atoms with E-state index in [2.05, 4.69) is 21.2 Å². The molecule has 1 amide bonds. The molecule has 16 heavy (non-hydrogen) atoms. The van der Waals surface area contributed by atoms with E-state index in [1.807, 2.05) is 19.1 Å². The van der Waals surface area contributed by atoms with Gasteiger partial charge in [0.15, 0.2) is 0 Å². The van der Waals surface area contributed by atoms with Crippen molar-refractivity contribution in [3.8, 4) is 0 Å². The smallest absolute Gasteiger partial charge is 0.261 e. The lowest BCUT2D eigenvalue weighted by atomic mass is 10.0. The van der Waals surface area contributed by atoms with E-state index in [0.29, 0.717) is 5.41 Å². The molecule has 1 aromatic rings. The molecule has 2 nitrogen and oxygen atoms in total. The monoisotopic (exact) mass is 301 g/mol. The van der Waals surface area contributed by atoms with Crippen molar-refractivity contribution in [3.05, 3.63) is 21.9 Å². The summed E-state index contributed by atoms with van der Waals surface area (Å²) in [7, 11) is 0. The Kier molecular flexibility index (Phi) is 3.70. The van der Waals surface area contributed by atoms with Gasteiger partial charge in [-0.05, 0) is 43.7 Å². The van der Waals surface area contributed by atoms with Gasteiger partial charge in [0.25, 0.3) is 5.91 Å². The summed E-state index contributed by atoms with van der Waals surface area (Å²) in [5.74, 6) is 0.0824. The van der Waals surface area contributed by atoms with Gasteiger partial charge < -0.3 is 5.32 Å². The van der Waals surface area contributed by atoms with Crippen LogP contribution in [-0.4, -0.2) is 17.8 Å². The van der Waals surface area contributed by atoms with E-state index in [0.717, 1.165) is 23.2 Å². The van der Waals surface area contributed by atoms with E-state index in [1.165, 1.54) is 17.7 Å². The molecule has 1 fully saturated rings. The van der Waals surface area contributed by atoms with E-state index in [4.69, 9.17) is 0 Å². The van der Waals surface area contributed by atoms with Gasteiger partial charge in [-0.2, -0.15) is 0 Å². The molecule has 88 valence electrons. The molecule has 0 atom stereocenters. The maximum Gasteiger partial charge on any atom is 0.261 e. The van der Waals surface area contributed by atoms with Crippen molar-refractivity contribution in [1.82, 2.24) is 5.32 Å². The van der Waals surface area contributed by atoms with Crippen molar-refractivity contribution in [2.75, 3.05) is 11.9 Å². The lowest BCUT2D eigenvalue weighted by Gasteiger charge is -2.13. The first-order chi connectivity index (χ1) is 7.65. The van der Waals surface area contributed by atoms with Crippen molar-refractivity contribution in [2.24, 2.45) is 5.41 Å². The molecule has 4 heteroatoms. The summed E-state index contributed by atoms with van der Waals surface area (Å²) in [5, 5.41) is 4.08. The fourth-order valence-electron chi connectivity index (χ4n) is 1.80. The molecule has 1 N–H and O–H groups in total. The van der Waals surface area contributed by atoms with Crippen molar-refractivity contribution in [1.29, 1.82) is 0 Å². The van der Waals surface area contributed by atoms with Crippen LogP contribution in [0.5, 0.6) is 0 Å². The third kappa shape index (κ3) is 2.86. The van der Waals surface area contributed by atoms with Gasteiger partial charge in [-0.25, -0.2) is 0 Å². The van der Waals surface area contributed by atoms with Gasteiger partial charge in [-0.3, -0.25) is 4.79 Å². The van der Waals surface area contributed by atoms with E-state index in [1.54, 1.807) is 11.3 Å². The number of aryl methyl sites for hydroxylation is 1. The van der Waals surface area contributed by atoms with Crippen LogP contribution in [0.3, 0.4) is 0 Å². The highest BCUT2D eigenvalue weighted by molar-refractivity contribution is 9.09. The number of thiophene rings is 1. The predicted octanol–water partition coefficient (Wildman–Crippen LogP) is 3.35. The molecular formula is C12H16BrNOS. The molecule has 2 rings (SSSR count). The Morgan fingerprint density at radius 3 is 2.81 bits per heavy atom. The highest BCUT2D eigenvalue weighted by Crippen LogP contribution is 2.48. The van der Waals surface area contributed by atoms with Gasteiger partial charge in [0, 0.05) is 16.8 Å². The molecule has 0 spiro atoms. The van der Waals surface area contributed by atoms with Crippen LogP contribution < -0.4 is 5.32 Å². The first-order valence-electron chi connectivity index (χ1n) is 5.56. The summed E-state index contributed by atoms with van der Waals surface area (Å²) >= 11 is 5.03. The average Bonchev–Trinajstić information content (AvgIpc) is 2.89. The Balaban J connectivity index is 1.84. The fraction of sp³-hybridized carbons (Fsp3) is 0.583. The molecule has 0 aliphatic heterocycles. The summed E-state index contributed by atoms with van der Waals surface area (Å²) in [6.45, 7) is 2.85. The van der Waals surface area contributed by atoms with Crippen LogP contribution in [0.2, 0.25) is 0 Å². The minimum Gasteiger partial charge on any atom is -0.351 e. The molecule has 1 heterocycles. The SMILES string of the molecule is Cc1ccc(C(=O)NCC2(CCBr)CC2)s1. The minimum absolute atomic E-state index is 0.0824. The van der Waals surface area contributed by atoms with Crippen LogP contribution in [0.15, 0.2) is 12.1 Å². The molecule has 0 saturated heterocycles. The second-order valence-corrected chi connectivity index (χ2v) is 6.61. The molecular weight excluding hydrogens is 286 g/mol. The zero-order valence-electron chi connectivity index (χ0n) is 9.38. The Morgan fingerprint density at radius 1 is 1.56 bits per heavy atom. The van der Waals surface area contributed by atoms with Crippen molar-refractivity contribution in [2.45, 2.75) is 26.2 Å². The average molecular weight is 302 g/mol. The zero-order chi connectivity index (χ0) is 11.6. The number of halogens is 1. The maximum absolute atomic E-state index is 11.8. The lowest BCUT2D eigenvalue weighted by molar-refractivity contribution is 0.0948. The number of rotatable bonds is 5. The number of nitrogens with one attached hydrogen (secondary N) is 1. The Labute approximate surface area is 109 Å². The normalized spacial score (nSPS) is 17.1. The van der Waals surface area contributed by atoms with Crippen LogP contribution in [-0.2, 0) is 0 Å². The summed E-state index contributed by atoms with van der Waals surface area (Å²) in [6.07, 6.45) is 3.67. The van der Waals surface area contributed by atoms with Gasteiger partial charge in [-0.1, -0.05) is 15.9 Å². The second-order valence-electron chi connectivity index (χ2n) is 4.53. The molecule has 1 saturated carbocycles. The molecule has 1 aromatic heterocycles. The molecule has 1 aliphatic carbocycles. The first kappa shape index (κ1) is 12.1. The summed E-state index contributed by atoms with van der Waals surface area (Å²) < 4.78 is 0. The fourth-order valence-corrected chi connectivity index (χ4v) is 3.43. The van der Waals surface area contributed by atoms with Gasteiger partial charge in [0.05, 0.1) is 4.88 Å². The van der Waals surface area contributed by atoms with Crippen molar-refractivity contribution < 1.29 is 4.79 Å². The number of alkyl halides is 1. The molecule has 0 bridgehead atoms. The van der Waals surface area contributed by atoms with Crippen LogP contribution in [0.4, 0.5) is 0 Å². The number of hydrogen-bond acceptors (Lipinski definition) is 2. The molecule has 0 aromatic carbocycles. The van der Waals surface area contributed by atoms with Crippen LogP contribution in [0.25, 0.3) is 0 Å². The largest absolute Gasteiger partial charge is 0.351 e. The van der Waals surface area contributed by atoms with E-state index < -0.39 is 0 Å². The van der Waals surface area contributed by atoms with Crippen molar-refractivity contribution in [3.63, 3.8) is 0 Å². The molecule has 1 aliphatic rings. The number of hydrogen-bond donors (Lipinski definition) is 1. The van der Waals surface area contributed by atoms with Crippen LogP contribution in [0.1, 0.15) is 33.8 Å². The van der Waals surface area contributed by atoms with Gasteiger partial charge in [0.2, 0.25) is 0 Å². The number of carbonyl (C=O) groups excluding carboxylic acids is 1. The Hall–Kier alpha value is -0.350. The minimum atomic E-state index is 0.0824. The summed E-state index contributed by atoms with van der Waals surface area (Å²) in [5.41, 5.74) is 0.394. The second kappa shape index (κ2) is 4.88. The van der Waals surface area contributed by atoms with E-state index in [-0.39, 0.29) is 5.91 Å². The zero-order valence-corrected chi connectivity index (χ0v) is 11.8.